The van der Waals surface area contributed by atoms with Gasteiger partial charge in [-0.2, -0.15) is 0 Å². The third-order valence-electron chi connectivity index (χ3n) is 3.70. The Bertz CT molecular complexity index is 765. The Balaban J connectivity index is 2.14. The number of halogens is 1. The van der Waals surface area contributed by atoms with Gasteiger partial charge >= 0.3 is 0 Å². The molecule has 0 heterocycles. The Morgan fingerprint density at radius 3 is 2.68 bits per heavy atom. The van der Waals surface area contributed by atoms with E-state index in [1.807, 2.05) is 25.1 Å². The van der Waals surface area contributed by atoms with Crippen LogP contribution in [0.25, 0.3) is 0 Å². The molecule has 2 rings (SSSR count). The lowest BCUT2D eigenvalue weighted by atomic mass is 10.1. The van der Waals surface area contributed by atoms with Gasteiger partial charge in [0.05, 0.1) is 4.92 Å². The Kier molecular flexibility index (Phi) is 6.77. The summed E-state index contributed by atoms with van der Waals surface area (Å²) in [5.74, 6) is -0.311. The van der Waals surface area contributed by atoms with E-state index in [9.17, 15) is 14.9 Å². The van der Waals surface area contributed by atoms with Gasteiger partial charge < -0.3 is 10.6 Å². The zero-order valence-electron chi connectivity index (χ0n) is 13.9. The largest absolute Gasteiger partial charge is 0.375 e. The summed E-state index contributed by atoms with van der Waals surface area (Å²) in [4.78, 5) is 22.9. The summed E-state index contributed by atoms with van der Waals surface area (Å²) in [7, 11) is 0. The van der Waals surface area contributed by atoms with Crippen molar-refractivity contribution in [2.24, 2.45) is 0 Å². The van der Waals surface area contributed by atoms with Gasteiger partial charge in [0.15, 0.2) is 0 Å². The fourth-order valence-electron chi connectivity index (χ4n) is 2.29. The van der Waals surface area contributed by atoms with E-state index in [4.69, 9.17) is 11.6 Å². The molecule has 0 bridgehead atoms. The first-order chi connectivity index (χ1) is 12.0. The van der Waals surface area contributed by atoms with Gasteiger partial charge in [-0.25, -0.2) is 0 Å². The van der Waals surface area contributed by atoms with E-state index in [0.717, 1.165) is 18.4 Å². The number of rotatable bonds is 8. The van der Waals surface area contributed by atoms with Crippen molar-refractivity contribution >= 4 is 28.9 Å². The summed E-state index contributed by atoms with van der Waals surface area (Å²) in [5.41, 5.74) is 1.30. The summed E-state index contributed by atoms with van der Waals surface area (Å²) in [5, 5.41) is 17.7. The molecule has 0 atom stereocenters. The van der Waals surface area contributed by atoms with Gasteiger partial charge in [-0.1, -0.05) is 43.1 Å². The zero-order chi connectivity index (χ0) is 18.2. The third kappa shape index (κ3) is 5.19. The highest BCUT2D eigenvalue weighted by molar-refractivity contribution is 6.31. The van der Waals surface area contributed by atoms with E-state index in [2.05, 4.69) is 10.6 Å². The molecule has 0 aliphatic carbocycles. The molecule has 0 aliphatic heterocycles. The van der Waals surface area contributed by atoms with Crippen LogP contribution in [0.5, 0.6) is 0 Å². The van der Waals surface area contributed by atoms with Crippen LogP contribution in [0.15, 0.2) is 42.5 Å². The molecule has 0 aromatic heterocycles. The SMILES string of the molecule is CCCCNC(=O)c1ccc(NCc2ccccc2Cl)c([N+](=O)[O-])c1. The van der Waals surface area contributed by atoms with E-state index in [0.29, 0.717) is 23.8 Å². The van der Waals surface area contributed by atoms with Crippen LogP contribution in [-0.2, 0) is 6.54 Å². The van der Waals surface area contributed by atoms with Gasteiger partial charge in [0.25, 0.3) is 11.6 Å². The predicted molar refractivity (Wildman–Crippen MR) is 99.1 cm³/mol. The average molecular weight is 362 g/mol. The van der Waals surface area contributed by atoms with Crippen molar-refractivity contribution in [3.63, 3.8) is 0 Å². The number of carbonyl (C=O) groups excluding carboxylic acids is 1. The van der Waals surface area contributed by atoms with E-state index in [-0.39, 0.29) is 17.2 Å². The van der Waals surface area contributed by atoms with Gasteiger partial charge in [0, 0.05) is 29.7 Å². The number of unbranched alkanes of at least 4 members (excludes halogenated alkanes) is 1. The number of anilines is 1. The van der Waals surface area contributed by atoms with Crippen molar-refractivity contribution < 1.29 is 9.72 Å². The van der Waals surface area contributed by atoms with Crippen molar-refractivity contribution in [2.45, 2.75) is 26.3 Å². The van der Waals surface area contributed by atoms with Gasteiger partial charge in [-0.15, -0.1) is 0 Å². The number of hydrogen-bond acceptors (Lipinski definition) is 4. The van der Waals surface area contributed by atoms with Gasteiger partial charge in [0.2, 0.25) is 0 Å². The molecule has 0 saturated heterocycles. The molecule has 2 aromatic rings. The summed E-state index contributed by atoms with van der Waals surface area (Å²) in [6, 6.07) is 11.7. The van der Waals surface area contributed by atoms with E-state index in [1.165, 1.54) is 6.07 Å². The lowest BCUT2D eigenvalue weighted by molar-refractivity contribution is -0.384. The summed E-state index contributed by atoms with van der Waals surface area (Å²) < 4.78 is 0. The van der Waals surface area contributed by atoms with E-state index >= 15 is 0 Å². The molecule has 25 heavy (non-hydrogen) atoms. The van der Waals surface area contributed by atoms with Crippen LogP contribution in [0.3, 0.4) is 0 Å². The number of carbonyl (C=O) groups is 1. The lowest BCUT2D eigenvalue weighted by Gasteiger charge is -2.10. The molecule has 132 valence electrons. The van der Waals surface area contributed by atoms with Crippen LogP contribution in [0, 0.1) is 10.1 Å². The Morgan fingerprint density at radius 1 is 1.24 bits per heavy atom. The maximum atomic E-state index is 12.1. The number of hydrogen-bond donors (Lipinski definition) is 2. The quantitative estimate of drug-likeness (QED) is 0.415. The summed E-state index contributed by atoms with van der Waals surface area (Å²) >= 11 is 6.09. The van der Waals surface area contributed by atoms with Crippen LogP contribution in [0.2, 0.25) is 5.02 Å². The molecule has 0 radical (unpaired) electrons. The van der Waals surface area contributed by atoms with Gasteiger partial charge in [-0.3, -0.25) is 14.9 Å². The van der Waals surface area contributed by atoms with E-state index in [1.54, 1.807) is 18.2 Å². The highest BCUT2D eigenvalue weighted by Crippen LogP contribution is 2.27. The molecule has 6 nitrogen and oxygen atoms in total. The van der Waals surface area contributed by atoms with Crippen molar-refractivity contribution in [1.29, 1.82) is 0 Å². The van der Waals surface area contributed by atoms with Crippen molar-refractivity contribution in [3.05, 3.63) is 68.7 Å². The molecule has 0 aliphatic rings. The van der Waals surface area contributed by atoms with Crippen LogP contribution in [0.1, 0.15) is 35.7 Å². The standard InChI is InChI=1S/C18H20ClN3O3/c1-2-3-10-20-18(23)13-8-9-16(17(11-13)22(24)25)21-12-14-6-4-5-7-15(14)19/h4-9,11,21H,2-3,10,12H2,1H3,(H,20,23). The Morgan fingerprint density at radius 2 is 2.00 bits per heavy atom. The Hall–Kier alpha value is -2.60. The van der Waals surface area contributed by atoms with E-state index < -0.39 is 4.92 Å². The molecule has 1 amide bonds. The fourth-order valence-corrected chi connectivity index (χ4v) is 2.49. The number of amides is 1. The molecular weight excluding hydrogens is 342 g/mol. The van der Waals surface area contributed by atoms with Crippen LogP contribution < -0.4 is 10.6 Å². The normalized spacial score (nSPS) is 10.3. The molecular formula is C18H20ClN3O3. The topological polar surface area (TPSA) is 84.3 Å². The molecule has 0 unspecified atom stereocenters. The lowest BCUT2D eigenvalue weighted by Crippen LogP contribution is -2.24. The van der Waals surface area contributed by atoms with Crippen LogP contribution in [-0.4, -0.2) is 17.4 Å². The zero-order valence-corrected chi connectivity index (χ0v) is 14.7. The molecule has 0 saturated carbocycles. The average Bonchev–Trinajstić information content (AvgIpc) is 2.61. The minimum Gasteiger partial charge on any atom is -0.375 e. The van der Waals surface area contributed by atoms with Gasteiger partial charge in [0.1, 0.15) is 5.69 Å². The van der Waals surface area contributed by atoms with Crippen LogP contribution >= 0.6 is 11.6 Å². The van der Waals surface area contributed by atoms with Crippen molar-refractivity contribution in [3.8, 4) is 0 Å². The first-order valence-electron chi connectivity index (χ1n) is 8.07. The molecule has 0 spiro atoms. The second-order valence-electron chi connectivity index (χ2n) is 5.54. The smallest absolute Gasteiger partial charge is 0.293 e. The first kappa shape index (κ1) is 18.7. The molecule has 2 N–H and O–H groups in total. The Labute approximate surface area is 151 Å². The van der Waals surface area contributed by atoms with Crippen molar-refractivity contribution in [1.82, 2.24) is 5.32 Å². The monoisotopic (exact) mass is 361 g/mol. The summed E-state index contributed by atoms with van der Waals surface area (Å²) in [6.45, 7) is 2.93. The molecule has 7 heteroatoms. The third-order valence-corrected chi connectivity index (χ3v) is 4.07. The highest BCUT2D eigenvalue weighted by Gasteiger charge is 2.17. The maximum absolute atomic E-state index is 12.1. The number of benzene rings is 2. The van der Waals surface area contributed by atoms with Crippen LogP contribution in [0.4, 0.5) is 11.4 Å². The minimum atomic E-state index is -0.502. The van der Waals surface area contributed by atoms with Crippen molar-refractivity contribution in [2.75, 3.05) is 11.9 Å². The fraction of sp³-hybridized carbons (Fsp3) is 0.278. The van der Waals surface area contributed by atoms with Gasteiger partial charge in [-0.05, 0) is 30.2 Å². The second kappa shape index (κ2) is 9.03. The molecule has 0 fully saturated rings. The molecule has 2 aromatic carbocycles. The number of nitro groups is 1. The second-order valence-corrected chi connectivity index (χ2v) is 5.95. The predicted octanol–water partition coefficient (Wildman–Crippen LogP) is 4.39. The maximum Gasteiger partial charge on any atom is 0.293 e. The number of nitrogens with zero attached hydrogens (tertiary/aromatic N) is 1. The summed E-state index contributed by atoms with van der Waals surface area (Å²) in [6.07, 6.45) is 1.83. The number of nitrogens with one attached hydrogen (secondary N) is 2. The first-order valence-corrected chi connectivity index (χ1v) is 8.44. The minimum absolute atomic E-state index is 0.143. The highest BCUT2D eigenvalue weighted by atomic mass is 35.5. The number of nitro benzene ring substituents is 1.